The Hall–Kier alpha value is -3.08. The Morgan fingerprint density at radius 2 is 1.73 bits per heavy atom. The molecule has 10 heteroatoms. The van der Waals surface area contributed by atoms with E-state index in [1.807, 2.05) is 63.2 Å². The molecule has 3 heterocycles. The predicted molar refractivity (Wildman–Crippen MR) is 178 cm³/mol. The van der Waals surface area contributed by atoms with Gasteiger partial charge in [-0.2, -0.15) is 0 Å². The van der Waals surface area contributed by atoms with Gasteiger partial charge in [-0.3, -0.25) is 14.4 Å². The standard InChI is InChI=1S/C34H38BrN3O5S/c1-4-43-25-13-11-22(12-14-25)36-31(40)27-28-33(42)38(24(18-39)15-19(2)3)30(34(28)17-26(35)29(27)44-34)32(41)37-23-10-9-20-7-5-6-8-21(20)16-23/h5-14,16,19,24,26-30,39H,4,15,17-18H2,1-3H3,(H,36,40)(H,37,41)/t24-,26?,27-,28+,29-,30?,34?/m1/s1. The number of nitrogens with one attached hydrogen (secondary N) is 2. The maximum absolute atomic E-state index is 14.5. The number of likely N-dealkylation sites (tertiary alicyclic amines) is 1. The van der Waals surface area contributed by atoms with Gasteiger partial charge in [-0.1, -0.05) is 60.1 Å². The number of rotatable bonds is 10. The molecule has 3 unspecified atom stereocenters. The third kappa shape index (κ3) is 5.39. The summed E-state index contributed by atoms with van der Waals surface area (Å²) in [5.41, 5.74) is 1.26. The van der Waals surface area contributed by atoms with Gasteiger partial charge in [0.1, 0.15) is 11.8 Å². The van der Waals surface area contributed by atoms with E-state index in [0.717, 1.165) is 10.8 Å². The topological polar surface area (TPSA) is 108 Å². The lowest BCUT2D eigenvalue weighted by atomic mass is 9.70. The lowest BCUT2D eigenvalue weighted by molar-refractivity contribution is -0.141. The van der Waals surface area contributed by atoms with Gasteiger partial charge in [-0.25, -0.2) is 0 Å². The van der Waals surface area contributed by atoms with E-state index in [9.17, 15) is 19.5 Å². The summed E-state index contributed by atoms with van der Waals surface area (Å²) in [5, 5.41) is 18.6. The van der Waals surface area contributed by atoms with Crippen molar-refractivity contribution in [2.75, 3.05) is 23.8 Å². The minimum absolute atomic E-state index is 0.0544. The van der Waals surface area contributed by atoms with Gasteiger partial charge >= 0.3 is 0 Å². The van der Waals surface area contributed by atoms with Crippen LogP contribution in [-0.2, 0) is 14.4 Å². The number of alkyl halides is 1. The number of aliphatic hydroxyl groups excluding tert-OH is 1. The van der Waals surface area contributed by atoms with E-state index >= 15 is 0 Å². The van der Waals surface area contributed by atoms with Crippen LogP contribution in [0.4, 0.5) is 11.4 Å². The number of nitrogens with zero attached hydrogens (tertiary/aromatic N) is 1. The number of hydrogen-bond donors (Lipinski definition) is 3. The van der Waals surface area contributed by atoms with Crippen LogP contribution in [0, 0.1) is 17.8 Å². The zero-order valence-corrected chi connectivity index (χ0v) is 27.4. The molecule has 232 valence electrons. The molecular formula is C34H38BrN3O5S. The van der Waals surface area contributed by atoms with Crippen molar-refractivity contribution >= 4 is 67.6 Å². The SMILES string of the molecule is CCOc1ccc(NC(=O)[C@H]2[C@@H]3SC4(CC3Br)C(C(=O)Nc3ccc5ccccc5c3)N([C@@H](CO)CC(C)C)C(=O)[C@H]24)cc1. The molecule has 3 aromatic carbocycles. The number of amides is 3. The lowest BCUT2D eigenvalue weighted by Crippen LogP contribution is -2.55. The molecule has 8 nitrogen and oxygen atoms in total. The van der Waals surface area contributed by atoms with E-state index in [4.69, 9.17) is 4.74 Å². The molecule has 3 saturated heterocycles. The molecule has 0 radical (unpaired) electrons. The van der Waals surface area contributed by atoms with Crippen LogP contribution < -0.4 is 15.4 Å². The molecule has 6 rings (SSSR count). The van der Waals surface area contributed by atoms with Crippen LogP contribution in [0.15, 0.2) is 66.7 Å². The van der Waals surface area contributed by atoms with Crippen LogP contribution in [0.5, 0.6) is 5.75 Å². The minimum Gasteiger partial charge on any atom is -0.494 e. The average molecular weight is 681 g/mol. The number of hydrogen-bond acceptors (Lipinski definition) is 6. The van der Waals surface area contributed by atoms with Crippen LogP contribution in [0.25, 0.3) is 10.8 Å². The third-order valence-corrected chi connectivity index (χ3v) is 12.3. The smallest absolute Gasteiger partial charge is 0.248 e. The number of thioether (sulfide) groups is 1. The fourth-order valence-electron chi connectivity index (χ4n) is 7.38. The summed E-state index contributed by atoms with van der Waals surface area (Å²) in [6.07, 6.45) is 1.11. The maximum atomic E-state index is 14.5. The highest BCUT2D eigenvalue weighted by atomic mass is 79.9. The quantitative estimate of drug-likeness (QED) is 0.238. The van der Waals surface area contributed by atoms with E-state index in [1.165, 1.54) is 0 Å². The lowest BCUT2D eigenvalue weighted by Gasteiger charge is -2.37. The molecule has 7 atom stereocenters. The van der Waals surface area contributed by atoms with E-state index in [0.29, 0.717) is 36.6 Å². The first-order valence-corrected chi connectivity index (χ1v) is 17.0. The second-order valence-electron chi connectivity index (χ2n) is 12.4. The van der Waals surface area contributed by atoms with E-state index in [1.54, 1.807) is 40.9 Å². The number of anilines is 2. The number of aliphatic hydroxyl groups is 1. The first kappa shape index (κ1) is 30.9. The van der Waals surface area contributed by atoms with Crippen molar-refractivity contribution in [3.63, 3.8) is 0 Å². The summed E-state index contributed by atoms with van der Waals surface area (Å²) in [6, 6.07) is 19.5. The van der Waals surface area contributed by atoms with E-state index in [2.05, 4.69) is 26.6 Å². The highest BCUT2D eigenvalue weighted by molar-refractivity contribution is 9.09. The molecule has 3 aliphatic rings. The Morgan fingerprint density at radius 1 is 1.05 bits per heavy atom. The van der Waals surface area contributed by atoms with Crippen LogP contribution in [0.2, 0.25) is 0 Å². The van der Waals surface area contributed by atoms with Crippen LogP contribution >= 0.6 is 27.7 Å². The highest BCUT2D eigenvalue weighted by Crippen LogP contribution is 2.68. The average Bonchev–Trinajstić information content (AvgIpc) is 3.60. The molecule has 1 spiro atoms. The fourth-order valence-corrected chi connectivity index (χ4v) is 11.0. The Bertz CT molecular complexity index is 1570. The molecule has 0 aromatic heterocycles. The summed E-state index contributed by atoms with van der Waals surface area (Å²) < 4.78 is 4.71. The van der Waals surface area contributed by atoms with Crippen LogP contribution in [-0.4, -0.2) is 67.8 Å². The molecular weight excluding hydrogens is 642 g/mol. The van der Waals surface area contributed by atoms with Gasteiger partial charge < -0.3 is 25.4 Å². The van der Waals surface area contributed by atoms with Crippen molar-refractivity contribution < 1.29 is 24.2 Å². The second kappa shape index (κ2) is 12.4. The predicted octanol–water partition coefficient (Wildman–Crippen LogP) is 5.69. The van der Waals surface area contributed by atoms with Crippen molar-refractivity contribution in [2.45, 2.75) is 60.5 Å². The van der Waals surface area contributed by atoms with Gasteiger partial charge in [0.25, 0.3) is 0 Å². The normalized spacial score (nSPS) is 27.9. The summed E-state index contributed by atoms with van der Waals surface area (Å²) >= 11 is 5.41. The van der Waals surface area contributed by atoms with Crippen molar-refractivity contribution in [3.05, 3.63) is 66.7 Å². The number of carbonyl (C=O) groups is 3. The number of fused-ring (bicyclic) bond motifs is 2. The van der Waals surface area contributed by atoms with E-state index < -0.39 is 28.7 Å². The fraction of sp³-hybridized carbons (Fsp3) is 0.441. The number of halogens is 1. The molecule has 3 fully saturated rings. The summed E-state index contributed by atoms with van der Waals surface area (Å²) in [5.74, 6) is -1.20. The summed E-state index contributed by atoms with van der Waals surface area (Å²) in [4.78, 5) is 44.4. The molecule has 3 N–H and O–H groups in total. The van der Waals surface area contributed by atoms with Gasteiger partial charge in [0.2, 0.25) is 17.7 Å². The largest absolute Gasteiger partial charge is 0.494 e. The Labute approximate surface area is 270 Å². The molecule has 3 aliphatic heterocycles. The summed E-state index contributed by atoms with van der Waals surface area (Å²) in [7, 11) is 0. The van der Waals surface area contributed by atoms with Gasteiger partial charge in [-0.05, 0) is 72.9 Å². The molecule has 3 amide bonds. The summed E-state index contributed by atoms with van der Waals surface area (Å²) in [6.45, 7) is 6.27. The monoisotopic (exact) mass is 679 g/mol. The minimum atomic E-state index is -0.847. The number of carbonyl (C=O) groups excluding carboxylic acids is 3. The van der Waals surface area contributed by atoms with Gasteiger partial charge in [0.15, 0.2) is 0 Å². The van der Waals surface area contributed by atoms with Crippen LogP contribution in [0.3, 0.4) is 0 Å². The maximum Gasteiger partial charge on any atom is 0.248 e. The third-order valence-electron chi connectivity index (χ3n) is 9.08. The molecule has 44 heavy (non-hydrogen) atoms. The number of benzene rings is 3. The number of ether oxygens (including phenoxy) is 1. The molecule has 0 aliphatic carbocycles. The van der Waals surface area contributed by atoms with Gasteiger partial charge in [-0.15, -0.1) is 11.8 Å². The van der Waals surface area contributed by atoms with Gasteiger partial charge in [0, 0.05) is 21.5 Å². The van der Waals surface area contributed by atoms with Crippen LogP contribution in [0.1, 0.15) is 33.6 Å². The zero-order chi connectivity index (χ0) is 31.2. The first-order chi connectivity index (χ1) is 21.2. The molecule has 2 bridgehead atoms. The van der Waals surface area contributed by atoms with Crippen molar-refractivity contribution in [1.29, 1.82) is 0 Å². The highest BCUT2D eigenvalue weighted by Gasteiger charge is 2.76. The zero-order valence-electron chi connectivity index (χ0n) is 25.0. The van der Waals surface area contributed by atoms with E-state index in [-0.39, 0.29) is 40.3 Å². The van der Waals surface area contributed by atoms with Crippen molar-refractivity contribution in [3.8, 4) is 5.75 Å². The Morgan fingerprint density at radius 3 is 2.41 bits per heavy atom. The molecule has 3 aromatic rings. The Balaban J connectivity index is 1.34. The second-order valence-corrected chi connectivity index (χ2v) is 15.1. The first-order valence-electron chi connectivity index (χ1n) is 15.2. The van der Waals surface area contributed by atoms with Gasteiger partial charge in [0.05, 0.1) is 35.8 Å². The van der Waals surface area contributed by atoms with Crippen molar-refractivity contribution in [2.24, 2.45) is 17.8 Å². The molecule has 0 saturated carbocycles. The Kier molecular flexibility index (Phi) is 8.69. The van der Waals surface area contributed by atoms with Crippen molar-refractivity contribution in [1.82, 2.24) is 4.90 Å².